The zero-order valence-corrected chi connectivity index (χ0v) is 22.9. The van der Waals surface area contributed by atoms with Crippen molar-refractivity contribution in [3.05, 3.63) is 114 Å². The molecule has 3 aromatic rings. The van der Waals surface area contributed by atoms with Gasteiger partial charge in [-0.1, -0.05) is 88.0 Å². The third-order valence-corrected chi connectivity index (χ3v) is 8.37. The molecule has 1 N–H and O–H groups in total. The van der Waals surface area contributed by atoms with Crippen molar-refractivity contribution in [3.8, 4) is 5.75 Å². The second-order valence-electron chi connectivity index (χ2n) is 11.7. The van der Waals surface area contributed by atoms with E-state index in [9.17, 15) is 14.4 Å². The van der Waals surface area contributed by atoms with Crippen molar-refractivity contribution in [1.29, 1.82) is 0 Å². The van der Waals surface area contributed by atoms with Gasteiger partial charge in [-0.05, 0) is 41.0 Å². The fourth-order valence-electron chi connectivity index (χ4n) is 6.72. The van der Waals surface area contributed by atoms with Crippen molar-refractivity contribution < 1.29 is 19.1 Å². The number of anilines is 1. The van der Waals surface area contributed by atoms with Crippen molar-refractivity contribution in [1.82, 2.24) is 4.90 Å². The maximum Gasteiger partial charge on any atom is 0.238 e. The van der Waals surface area contributed by atoms with Crippen LogP contribution >= 0.6 is 0 Å². The molecule has 0 saturated carbocycles. The van der Waals surface area contributed by atoms with Crippen LogP contribution in [0.1, 0.15) is 53.9 Å². The molecule has 4 atom stereocenters. The fourth-order valence-corrected chi connectivity index (χ4v) is 6.72. The summed E-state index contributed by atoms with van der Waals surface area (Å²) >= 11 is 0. The second kappa shape index (κ2) is 9.33. The lowest BCUT2D eigenvalue weighted by molar-refractivity contribution is -0.131. The van der Waals surface area contributed by atoms with E-state index in [2.05, 4.69) is 11.9 Å². The summed E-state index contributed by atoms with van der Waals surface area (Å²) in [7, 11) is 0. The lowest BCUT2D eigenvalue weighted by Gasteiger charge is -2.38. The van der Waals surface area contributed by atoms with Crippen LogP contribution < -0.4 is 10.1 Å². The molecule has 0 radical (unpaired) electrons. The maximum absolute atomic E-state index is 15.0. The summed E-state index contributed by atoms with van der Waals surface area (Å²) in [4.78, 5) is 45.8. The van der Waals surface area contributed by atoms with E-state index in [0.29, 0.717) is 17.0 Å². The summed E-state index contributed by atoms with van der Waals surface area (Å²) in [5, 5.41) is 3.08. The van der Waals surface area contributed by atoms with Gasteiger partial charge in [0.1, 0.15) is 17.8 Å². The molecule has 40 heavy (non-hydrogen) atoms. The van der Waals surface area contributed by atoms with Crippen LogP contribution in [0.2, 0.25) is 0 Å². The number of ether oxygens (including phenoxy) is 1. The van der Waals surface area contributed by atoms with Gasteiger partial charge in [-0.25, -0.2) is 0 Å². The number of Topliss-reactive ketones (excluding diaryl/α,β-unsaturated/α-hetero) is 2. The minimum absolute atomic E-state index is 0.0987. The zero-order valence-electron chi connectivity index (χ0n) is 22.9. The minimum Gasteiger partial charge on any atom is -0.489 e. The van der Waals surface area contributed by atoms with Gasteiger partial charge in [-0.3, -0.25) is 14.4 Å². The maximum atomic E-state index is 15.0. The van der Waals surface area contributed by atoms with E-state index in [1.165, 1.54) is 0 Å². The molecule has 1 spiro atoms. The Balaban J connectivity index is 1.67. The molecule has 3 aliphatic rings. The molecule has 4 unspecified atom stereocenters. The predicted octanol–water partition coefficient (Wildman–Crippen LogP) is 5.97. The molecule has 3 aromatic carbocycles. The molecule has 1 saturated heterocycles. The number of rotatable bonds is 6. The number of hydrogen-bond donors (Lipinski definition) is 1. The average molecular weight is 533 g/mol. The van der Waals surface area contributed by atoms with Gasteiger partial charge >= 0.3 is 0 Å². The van der Waals surface area contributed by atoms with E-state index in [1.54, 1.807) is 30.3 Å². The number of para-hydroxylation sites is 2. The molecule has 6 heteroatoms. The van der Waals surface area contributed by atoms with E-state index in [0.717, 1.165) is 16.7 Å². The molecule has 202 valence electrons. The van der Waals surface area contributed by atoms with Gasteiger partial charge in [0.25, 0.3) is 0 Å². The fraction of sp³-hybridized carbons (Fsp3) is 0.265. The second-order valence-corrected chi connectivity index (χ2v) is 11.7. The Hall–Kier alpha value is -4.45. The first kappa shape index (κ1) is 25.8. The number of nitrogens with one attached hydrogen (secondary N) is 1. The Morgan fingerprint density at radius 2 is 1.73 bits per heavy atom. The lowest BCUT2D eigenvalue weighted by atomic mass is 9.62. The molecule has 6 nitrogen and oxygen atoms in total. The first-order valence-electron chi connectivity index (χ1n) is 13.6. The van der Waals surface area contributed by atoms with Crippen molar-refractivity contribution in [2.75, 3.05) is 11.9 Å². The Kier molecular flexibility index (Phi) is 6.02. The van der Waals surface area contributed by atoms with Crippen molar-refractivity contribution in [2.24, 2.45) is 11.3 Å². The van der Waals surface area contributed by atoms with Crippen molar-refractivity contribution in [3.63, 3.8) is 0 Å². The summed E-state index contributed by atoms with van der Waals surface area (Å²) in [5.74, 6) is -1.29. The number of amides is 1. The number of nitrogens with zero attached hydrogens (tertiary/aromatic N) is 1. The number of hydrogen-bond acceptors (Lipinski definition) is 5. The average Bonchev–Trinajstić information content (AvgIpc) is 3.43. The molecular weight excluding hydrogens is 500 g/mol. The molecule has 1 amide bonds. The molecule has 0 aromatic heterocycles. The minimum atomic E-state index is -1.36. The van der Waals surface area contributed by atoms with E-state index in [1.807, 2.05) is 86.5 Å². The predicted molar refractivity (Wildman–Crippen MR) is 155 cm³/mol. The largest absolute Gasteiger partial charge is 0.489 e. The number of carbonyl (C=O) groups excluding carboxylic acids is 3. The van der Waals surface area contributed by atoms with Gasteiger partial charge in [0.15, 0.2) is 11.6 Å². The van der Waals surface area contributed by atoms with E-state index >= 15 is 0 Å². The Morgan fingerprint density at radius 1 is 1.02 bits per heavy atom. The van der Waals surface area contributed by atoms with Gasteiger partial charge in [0.2, 0.25) is 5.91 Å². The first-order chi connectivity index (χ1) is 19.2. The molecule has 3 aliphatic heterocycles. The lowest BCUT2D eigenvalue weighted by Crippen LogP contribution is -2.50. The van der Waals surface area contributed by atoms with Gasteiger partial charge < -0.3 is 15.0 Å². The Bertz CT molecular complexity index is 1580. The molecule has 6 rings (SSSR count). The topological polar surface area (TPSA) is 75.7 Å². The highest BCUT2D eigenvalue weighted by molar-refractivity contribution is 6.16. The summed E-state index contributed by atoms with van der Waals surface area (Å²) in [6.07, 6.45) is 5.48. The third-order valence-electron chi connectivity index (χ3n) is 8.37. The van der Waals surface area contributed by atoms with Crippen LogP contribution in [0, 0.1) is 11.3 Å². The van der Waals surface area contributed by atoms with Crippen LogP contribution in [-0.2, 0) is 15.0 Å². The molecular formula is C34H32N2O4. The Labute approximate surface area is 234 Å². The van der Waals surface area contributed by atoms with Gasteiger partial charge in [-0.15, -0.1) is 0 Å². The first-order valence-corrected chi connectivity index (χ1v) is 13.6. The van der Waals surface area contributed by atoms with Gasteiger partial charge in [-0.2, -0.15) is 0 Å². The van der Waals surface area contributed by atoms with Crippen LogP contribution in [-0.4, -0.2) is 35.0 Å². The van der Waals surface area contributed by atoms with Gasteiger partial charge in [0.05, 0.1) is 23.6 Å². The quantitative estimate of drug-likeness (QED) is 0.313. The summed E-state index contributed by atoms with van der Waals surface area (Å²) in [6, 6.07) is 21.0. The standard InChI is InChI=1S/C34H32N2O4/c1-5-20-40-26-17-11-8-14-23(26)29(37)27-28(31(38)33(2,3)4)36-19-18-21-12-6-7-13-22(21)30(36)34(27)24-15-9-10-16-25(24)35-32(34)39/h5-19,27-28,30H,1,20H2,2-4H3,(H,35,39). The van der Waals surface area contributed by atoms with Crippen LogP contribution in [0.15, 0.2) is 91.7 Å². The Morgan fingerprint density at radius 3 is 2.50 bits per heavy atom. The number of carbonyl (C=O) groups is 3. The van der Waals surface area contributed by atoms with Crippen molar-refractivity contribution in [2.45, 2.75) is 38.3 Å². The van der Waals surface area contributed by atoms with Gasteiger partial charge in [0, 0.05) is 17.3 Å². The summed E-state index contributed by atoms with van der Waals surface area (Å²) in [6.45, 7) is 9.54. The number of benzene rings is 3. The molecule has 0 aliphatic carbocycles. The summed E-state index contributed by atoms with van der Waals surface area (Å²) in [5.41, 5.74) is 1.49. The summed E-state index contributed by atoms with van der Waals surface area (Å²) < 4.78 is 5.90. The highest BCUT2D eigenvalue weighted by Gasteiger charge is 2.71. The zero-order chi connectivity index (χ0) is 28.2. The van der Waals surface area contributed by atoms with Crippen molar-refractivity contribution >= 4 is 29.2 Å². The highest BCUT2D eigenvalue weighted by Crippen LogP contribution is 2.62. The third kappa shape index (κ3) is 3.59. The van der Waals surface area contributed by atoms with Crippen LogP contribution in [0.25, 0.3) is 6.08 Å². The van der Waals surface area contributed by atoms with E-state index in [4.69, 9.17) is 4.74 Å². The molecule has 0 bridgehead atoms. The monoisotopic (exact) mass is 532 g/mol. The van der Waals surface area contributed by atoms with E-state index in [-0.39, 0.29) is 24.1 Å². The molecule has 3 heterocycles. The van der Waals surface area contributed by atoms with E-state index < -0.39 is 28.8 Å². The van der Waals surface area contributed by atoms with Crippen LogP contribution in [0.4, 0.5) is 5.69 Å². The normalized spacial score (nSPS) is 24.2. The SMILES string of the molecule is C=CCOc1ccccc1C(=O)C1C(C(=O)C(C)(C)C)N2C=Cc3ccccc3C2C12C(=O)Nc1ccccc12. The smallest absolute Gasteiger partial charge is 0.238 e. The van der Waals surface area contributed by atoms with Crippen LogP contribution in [0.5, 0.6) is 5.75 Å². The highest BCUT2D eigenvalue weighted by atomic mass is 16.5. The number of fused-ring (bicyclic) bond motifs is 6. The van der Waals surface area contributed by atoms with Crippen LogP contribution in [0.3, 0.4) is 0 Å². The number of ketones is 2. The molecule has 1 fully saturated rings.